The van der Waals surface area contributed by atoms with E-state index in [1.54, 1.807) is 11.8 Å². The normalized spacial score (nSPS) is 12.6. The van der Waals surface area contributed by atoms with E-state index < -0.39 is 0 Å². The second kappa shape index (κ2) is 4.77. The number of hydrogen-bond donors (Lipinski definition) is 1. The van der Waals surface area contributed by atoms with Gasteiger partial charge in [0.2, 0.25) is 5.88 Å². The minimum atomic E-state index is -0.286. The summed E-state index contributed by atoms with van der Waals surface area (Å²) in [7, 11) is 0. The van der Waals surface area contributed by atoms with Gasteiger partial charge < -0.3 is 10.5 Å². The zero-order valence-electron chi connectivity index (χ0n) is 11.5. The molecule has 96 valence electrons. The van der Waals surface area contributed by atoms with E-state index >= 15 is 0 Å². The molecule has 0 aliphatic carbocycles. The molecule has 0 aromatic carbocycles. The zero-order valence-corrected chi connectivity index (χ0v) is 12.3. The van der Waals surface area contributed by atoms with Crippen LogP contribution >= 0.6 is 11.8 Å². The topological polar surface area (TPSA) is 48.1 Å². The van der Waals surface area contributed by atoms with Crippen molar-refractivity contribution in [2.24, 2.45) is 0 Å². The molecule has 17 heavy (non-hydrogen) atoms. The Morgan fingerprint density at radius 3 is 2.18 bits per heavy atom. The standard InChI is InChI=1S/C13H22N2OS/c1-12(2,3)16-11-9(14)7-8-10(15-11)17-13(4,5)6/h7-8H,14H2,1-6H3. The third kappa shape index (κ3) is 5.31. The summed E-state index contributed by atoms with van der Waals surface area (Å²) in [6.45, 7) is 12.4. The van der Waals surface area contributed by atoms with E-state index in [9.17, 15) is 0 Å². The Morgan fingerprint density at radius 2 is 1.71 bits per heavy atom. The number of aromatic nitrogens is 1. The summed E-state index contributed by atoms with van der Waals surface area (Å²) in [6, 6.07) is 3.78. The fourth-order valence-corrected chi connectivity index (χ4v) is 2.07. The van der Waals surface area contributed by atoms with Crippen LogP contribution in [0.3, 0.4) is 0 Å². The lowest BCUT2D eigenvalue weighted by Crippen LogP contribution is -2.24. The molecular formula is C13H22N2OS. The van der Waals surface area contributed by atoms with Crippen LogP contribution in [0.1, 0.15) is 41.5 Å². The molecule has 1 heterocycles. The number of nitrogens with zero attached hydrogens (tertiary/aromatic N) is 1. The van der Waals surface area contributed by atoms with Crippen LogP contribution < -0.4 is 10.5 Å². The fourth-order valence-electron chi connectivity index (χ4n) is 1.18. The van der Waals surface area contributed by atoms with Crippen molar-refractivity contribution in [1.82, 2.24) is 4.98 Å². The van der Waals surface area contributed by atoms with Crippen molar-refractivity contribution in [2.45, 2.75) is 56.9 Å². The highest BCUT2D eigenvalue weighted by atomic mass is 32.2. The number of pyridine rings is 1. The second-order valence-electron chi connectivity index (χ2n) is 5.97. The van der Waals surface area contributed by atoms with Crippen LogP contribution in [0.5, 0.6) is 5.88 Å². The molecule has 0 fully saturated rings. The van der Waals surface area contributed by atoms with Crippen LogP contribution in [-0.2, 0) is 0 Å². The molecule has 4 heteroatoms. The van der Waals surface area contributed by atoms with Gasteiger partial charge in [0.25, 0.3) is 0 Å². The van der Waals surface area contributed by atoms with Crippen LogP contribution in [-0.4, -0.2) is 15.3 Å². The number of nitrogen functional groups attached to an aromatic ring is 1. The molecular weight excluding hydrogens is 232 g/mol. The van der Waals surface area contributed by atoms with Gasteiger partial charge in [0, 0.05) is 4.75 Å². The number of hydrogen-bond acceptors (Lipinski definition) is 4. The highest BCUT2D eigenvalue weighted by Crippen LogP contribution is 2.33. The maximum atomic E-state index is 5.86. The van der Waals surface area contributed by atoms with Gasteiger partial charge in [-0.05, 0) is 32.9 Å². The lowest BCUT2D eigenvalue weighted by atomic mass is 10.2. The van der Waals surface area contributed by atoms with Crippen molar-refractivity contribution in [1.29, 1.82) is 0 Å². The van der Waals surface area contributed by atoms with E-state index in [4.69, 9.17) is 10.5 Å². The maximum absolute atomic E-state index is 5.86. The van der Waals surface area contributed by atoms with Gasteiger partial charge >= 0.3 is 0 Å². The molecule has 0 aliphatic heterocycles. The Kier molecular flexibility index (Phi) is 3.97. The van der Waals surface area contributed by atoms with Gasteiger partial charge in [0.1, 0.15) is 10.6 Å². The first-order valence-corrected chi connectivity index (χ1v) is 6.53. The summed E-state index contributed by atoms with van der Waals surface area (Å²) >= 11 is 1.70. The van der Waals surface area contributed by atoms with Gasteiger partial charge in [-0.25, -0.2) is 4.98 Å². The molecule has 0 unspecified atom stereocenters. The van der Waals surface area contributed by atoms with Gasteiger partial charge in [-0.1, -0.05) is 20.8 Å². The van der Waals surface area contributed by atoms with Crippen molar-refractivity contribution < 1.29 is 4.74 Å². The van der Waals surface area contributed by atoms with E-state index in [0.29, 0.717) is 11.6 Å². The fraction of sp³-hybridized carbons (Fsp3) is 0.615. The SMILES string of the molecule is CC(C)(C)Oc1nc(SC(C)(C)C)ccc1N. The number of thioether (sulfide) groups is 1. The lowest BCUT2D eigenvalue weighted by molar-refractivity contribution is 0.124. The quantitative estimate of drug-likeness (QED) is 0.817. The van der Waals surface area contributed by atoms with Crippen molar-refractivity contribution in [3.63, 3.8) is 0 Å². The summed E-state index contributed by atoms with van der Waals surface area (Å²) in [5, 5.41) is 0.936. The molecule has 1 aromatic heterocycles. The van der Waals surface area contributed by atoms with Crippen LogP contribution in [0.25, 0.3) is 0 Å². The van der Waals surface area contributed by atoms with Crippen LogP contribution in [0.15, 0.2) is 17.2 Å². The number of nitrogens with two attached hydrogens (primary N) is 1. The van der Waals surface area contributed by atoms with E-state index in [2.05, 4.69) is 25.8 Å². The van der Waals surface area contributed by atoms with Crippen molar-refractivity contribution in [3.8, 4) is 5.88 Å². The Morgan fingerprint density at radius 1 is 1.12 bits per heavy atom. The Labute approximate surface area is 108 Å². The Bertz CT molecular complexity index is 391. The maximum Gasteiger partial charge on any atom is 0.238 e. The zero-order chi connectivity index (χ0) is 13.3. The van der Waals surface area contributed by atoms with E-state index in [1.807, 2.05) is 32.9 Å². The molecule has 0 radical (unpaired) electrons. The number of ether oxygens (including phenoxy) is 1. The number of anilines is 1. The highest BCUT2D eigenvalue weighted by molar-refractivity contribution is 8.00. The number of rotatable bonds is 2. The first kappa shape index (κ1) is 14.2. The van der Waals surface area contributed by atoms with Crippen LogP contribution in [0.2, 0.25) is 0 Å². The molecule has 3 nitrogen and oxygen atoms in total. The Balaban J connectivity index is 2.95. The molecule has 0 bridgehead atoms. The average Bonchev–Trinajstić information content (AvgIpc) is 2.05. The molecule has 0 amide bonds. The molecule has 0 spiro atoms. The second-order valence-corrected chi connectivity index (χ2v) is 7.82. The van der Waals surface area contributed by atoms with Gasteiger partial charge in [0.15, 0.2) is 0 Å². The summed E-state index contributed by atoms with van der Waals surface area (Å²) in [5.74, 6) is 0.520. The Hall–Kier alpha value is -0.900. The molecule has 0 atom stereocenters. The summed E-state index contributed by atoms with van der Waals surface area (Å²) < 4.78 is 5.87. The van der Waals surface area contributed by atoms with E-state index in [0.717, 1.165) is 5.03 Å². The van der Waals surface area contributed by atoms with Gasteiger partial charge in [-0.3, -0.25) is 0 Å². The molecule has 2 N–H and O–H groups in total. The monoisotopic (exact) mass is 254 g/mol. The largest absolute Gasteiger partial charge is 0.470 e. The molecule has 1 rings (SSSR count). The third-order valence-electron chi connectivity index (χ3n) is 1.68. The predicted octanol–water partition coefficient (Wildman–Crippen LogP) is 3.73. The summed E-state index contributed by atoms with van der Waals surface area (Å²) in [4.78, 5) is 4.46. The predicted molar refractivity (Wildman–Crippen MR) is 74.6 cm³/mol. The highest BCUT2D eigenvalue weighted by Gasteiger charge is 2.18. The van der Waals surface area contributed by atoms with Gasteiger partial charge in [-0.2, -0.15) is 0 Å². The van der Waals surface area contributed by atoms with E-state index in [-0.39, 0.29) is 10.3 Å². The van der Waals surface area contributed by atoms with E-state index in [1.165, 1.54) is 0 Å². The van der Waals surface area contributed by atoms with Crippen LogP contribution in [0.4, 0.5) is 5.69 Å². The first-order chi connectivity index (χ1) is 7.57. The van der Waals surface area contributed by atoms with Crippen molar-refractivity contribution >= 4 is 17.4 Å². The minimum Gasteiger partial charge on any atom is -0.470 e. The van der Waals surface area contributed by atoms with Crippen LogP contribution in [0, 0.1) is 0 Å². The molecule has 0 aliphatic rings. The molecule has 0 saturated carbocycles. The smallest absolute Gasteiger partial charge is 0.238 e. The average molecular weight is 254 g/mol. The van der Waals surface area contributed by atoms with Gasteiger partial charge in [-0.15, -0.1) is 11.8 Å². The lowest BCUT2D eigenvalue weighted by Gasteiger charge is -2.22. The first-order valence-electron chi connectivity index (χ1n) is 5.71. The third-order valence-corrected chi connectivity index (χ3v) is 2.73. The van der Waals surface area contributed by atoms with Gasteiger partial charge in [0.05, 0.1) is 5.69 Å². The summed E-state index contributed by atoms with van der Waals surface area (Å²) in [5.41, 5.74) is 6.16. The summed E-state index contributed by atoms with van der Waals surface area (Å²) in [6.07, 6.45) is 0. The van der Waals surface area contributed by atoms with Crippen molar-refractivity contribution in [2.75, 3.05) is 5.73 Å². The molecule has 1 aromatic rings. The molecule has 0 saturated heterocycles. The minimum absolute atomic E-state index is 0.127. The van der Waals surface area contributed by atoms with Crippen molar-refractivity contribution in [3.05, 3.63) is 12.1 Å².